The van der Waals surface area contributed by atoms with E-state index in [0.29, 0.717) is 6.54 Å². The lowest BCUT2D eigenvalue weighted by Crippen LogP contribution is -2.04. The molecule has 2 aromatic heterocycles. The molecule has 0 unspecified atom stereocenters. The van der Waals surface area contributed by atoms with Gasteiger partial charge in [-0.2, -0.15) is 5.10 Å². The molecule has 0 aliphatic carbocycles. The highest BCUT2D eigenvalue weighted by atomic mass is 16.3. The number of nitrogens with one attached hydrogen (secondary N) is 1. The van der Waals surface area contributed by atoms with Crippen molar-refractivity contribution in [3.05, 3.63) is 41.1 Å². The molecular weight excluding hydrogens is 202 g/mol. The molecule has 0 fully saturated rings. The first-order chi connectivity index (χ1) is 7.69. The zero-order valence-corrected chi connectivity index (χ0v) is 9.95. The van der Waals surface area contributed by atoms with E-state index in [1.165, 1.54) is 5.56 Å². The maximum atomic E-state index is 5.48. The van der Waals surface area contributed by atoms with Crippen molar-refractivity contribution in [2.75, 3.05) is 7.05 Å². The summed E-state index contributed by atoms with van der Waals surface area (Å²) in [5, 5.41) is 7.50. The maximum Gasteiger partial charge on any atom is 0.125 e. The van der Waals surface area contributed by atoms with Crippen molar-refractivity contribution in [2.24, 2.45) is 0 Å². The SMILES string of the molecule is CNCc1coc(Cn2nc(C)cc2C)c1. The van der Waals surface area contributed by atoms with Crippen LogP contribution in [0.15, 0.2) is 22.8 Å². The highest BCUT2D eigenvalue weighted by Crippen LogP contribution is 2.11. The smallest absolute Gasteiger partial charge is 0.125 e. The van der Waals surface area contributed by atoms with E-state index in [0.717, 1.165) is 23.7 Å². The fraction of sp³-hybridized carbons (Fsp3) is 0.417. The van der Waals surface area contributed by atoms with E-state index in [2.05, 4.69) is 29.5 Å². The van der Waals surface area contributed by atoms with Gasteiger partial charge in [-0.1, -0.05) is 0 Å². The minimum Gasteiger partial charge on any atom is -0.467 e. The summed E-state index contributed by atoms with van der Waals surface area (Å²) in [5.41, 5.74) is 3.36. The van der Waals surface area contributed by atoms with Gasteiger partial charge in [-0.05, 0) is 33.0 Å². The van der Waals surface area contributed by atoms with Crippen LogP contribution in [0.4, 0.5) is 0 Å². The van der Waals surface area contributed by atoms with Gasteiger partial charge in [0.05, 0.1) is 18.5 Å². The molecule has 4 nitrogen and oxygen atoms in total. The standard InChI is InChI=1S/C12H17N3O/c1-9-4-10(2)15(14-9)7-12-5-11(6-13-3)8-16-12/h4-5,8,13H,6-7H2,1-3H3. The lowest BCUT2D eigenvalue weighted by molar-refractivity contribution is 0.474. The van der Waals surface area contributed by atoms with E-state index in [9.17, 15) is 0 Å². The molecule has 0 saturated carbocycles. The summed E-state index contributed by atoms with van der Waals surface area (Å²) < 4.78 is 7.44. The summed E-state index contributed by atoms with van der Waals surface area (Å²) in [6.07, 6.45) is 1.79. The van der Waals surface area contributed by atoms with Crippen LogP contribution in [0.1, 0.15) is 22.7 Å². The van der Waals surface area contributed by atoms with E-state index in [-0.39, 0.29) is 0 Å². The highest BCUT2D eigenvalue weighted by molar-refractivity contribution is 5.14. The van der Waals surface area contributed by atoms with Crippen molar-refractivity contribution in [3.63, 3.8) is 0 Å². The monoisotopic (exact) mass is 219 g/mol. The van der Waals surface area contributed by atoms with E-state index < -0.39 is 0 Å². The van der Waals surface area contributed by atoms with Gasteiger partial charge in [0.2, 0.25) is 0 Å². The highest BCUT2D eigenvalue weighted by Gasteiger charge is 2.05. The predicted molar refractivity (Wildman–Crippen MR) is 62.3 cm³/mol. The topological polar surface area (TPSA) is 43.0 Å². The molecule has 16 heavy (non-hydrogen) atoms. The number of hydrogen-bond acceptors (Lipinski definition) is 3. The van der Waals surface area contributed by atoms with Crippen LogP contribution in [-0.2, 0) is 13.1 Å². The minimum atomic E-state index is 0.698. The van der Waals surface area contributed by atoms with Crippen LogP contribution in [0.25, 0.3) is 0 Å². The number of furan rings is 1. The summed E-state index contributed by atoms with van der Waals surface area (Å²) in [4.78, 5) is 0. The van der Waals surface area contributed by atoms with Gasteiger partial charge in [0.25, 0.3) is 0 Å². The van der Waals surface area contributed by atoms with Gasteiger partial charge >= 0.3 is 0 Å². The van der Waals surface area contributed by atoms with Gasteiger partial charge in [-0.15, -0.1) is 0 Å². The minimum absolute atomic E-state index is 0.698. The Morgan fingerprint density at radius 3 is 2.81 bits per heavy atom. The van der Waals surface area contributed by atoms with Crippen LogP contribution < -0.4 is 5.32 Å². The van der Waals surface area contributed by atoms with Gasteiger partial charge in [-0.25, -0.2) is 0 Å². The molecule has 0 spiro atoms. The van der Waals surface area contributed by atoms with Crippen molar-refractivity contribution in [1.29, 1.82) is 0 Å². The first-order valence-electron chi connectivity index (χ1n) is 5.41. The lowest BCUT2D eigenvalue weighted by atomic mass is 10.3. The molecule has 0 atom stereocenters. The third-order valence-corrected chi connectivity index (χ3v) is 2.50. The zero-order chi connectivity index (χ0) is 11.5. The number of hydrogen-bond donors (Lipinski definition) is 1. The Morgan fingerprint density at radius 1 is 1.38 bits per heavy atom. The summed E-state index contributed by atoms with van der Waals surface area (Å²) in [6.45, 7) is 5.58. The molecule has 0 bridgehead atoms. The predicted octanol–water partition coefficient (Wildman–Crippen LogP) is 1.86. The van der Waals surface area contributed by atoms with E-state index in [4.69, 9.17) is 4.42 Å². The average molecular weight is 219 g/mol. The number of nitrogens with zero attached hydrogens (tertiary/aromatic N) is 2. The molecular formula is C12H17N3O. The van der Waals surface area contributed by atoms with Crippen LogP contribution in [0.5, 0.6) is 0 Å². The molecule has 0 aliphatic heterocycles. The largest absolute Gasteiger partial charge is 0.467 e. The molecule has 86 valence electrons. The summed E-state index contributed by atoms with van der Waals surface area (Å²) in [7, 11) is 1.92. The molecule has 0 aliphatic rings. The second-order valence-electron chi connectivity index (χ2n) is 4.04. The van der Waals surface area contributed by atoms with Crippen LogP contribution in [0.2, 0.25) is 0 Å². The average Bonchev–Trinajstić information content (AvgIpc) is 2.76. The summed E-state index contributed by atoms with van der Waals surface area (Å²) in [5.74, 6) is 0.941. The Balaban J connectivity index is 2.11. The van der Waals surface area contributed by atoms with Crippen molar-refractivity contribution < 1.29 is 4.42 Å². The van der Waals surface area contributed by atoms with Gasteiger partial charge in [0, 0.05) is 17.8 Å². The molecule has 0 radical (unpaired) electrons. The fourth-order valence-electron chi connectivity index (χ4n) is 1.79. The van der Waals surface area contributed by atoms with Crippen LogP contribution in [0.3, 0.4) is 0 Å². The molecule has 2 heterocycles. The molecule has 2 rings (SSSR count). The Bertz CT molecular complexity index is 470. The van der Waals surface area contributed by atoms with Gasteiger partial charge < -0.3 is 9.73 Å². The third-order valence-electron chi connectivity index (χ3n) is 2.50. The van der Waals surface area contributed by atoms with Crippen LogP contribution in [0, 0.1) is 13.8 Å². The van der Waals surface area contributed by atoms with Gasteiger partial charge in [0.1, 0.15) is 5.76 Å². The van der Waals surface area contributed by atoms with Crippen molar-refractivity contribution in [3.8, 4) is 0 Å². The molecule has 4 heteroatoms. The quantitative estimate of drug-likeness (QED) is 0.853. The second kappa shape index (κ2) is 4.53. The summed E-state index contributed by atoms with van der Waals surface area (Å²) >= 11 is 0. The summed E-state index contributed by atoms with van der Waals surface area (Å²) in [6, 6.07) is 4.13. The van der Waals surface area contributed by atoms with Crippen LogP contribution in [-0.4, -0.2) is 16.8 Å². The Hall–Kier alpha value is -1.55. The molecule has 0 aromatic carbocycles. The fourth-order valence-corrected chi connectivity index (χ4v) is 1.79. The van der Waals surface area contributed by atoms with E-state index in [1.807, 2.05) is 18.7 Å². The second-order valence-corrected chi connectivity index (χ2v) is 4.04. The molecule has 1 N–H and O–H groups in total. The van der Waals surface area contributed by atoms with Gasteiger partial charge in [-0.3, -0.25) is 4.68 Å². The Labute approximate surface area is 95.3 Å². The number of aromatic nitrogens is 2. The first kappa shape index (κ1) is 11.0. The van der Waals surface area contributed by atoms with Crippen molar-refractivity contribution >= 4 is 0 Å². The van der Waals surface area contributed by atoms with E-state index in [1.54, 1.807) is 6.26 Å². The van der Waals surface area contributed by atoms with Gasteiger partial charge in [0.15, 0.2) is 0 Å². The zero-order valence-electron chi connectivity index (χ0n) is 9.95. The van der Waals surface area contributed by atoms with E-state index >= 15 is 0 Å². The molecule has 2 aromatic rings. The normalized spacial score (nSPS) is 10.9. The van der Waals surface area contributed by atoms with Crippen LogP contribution >= 0.6 is 0 Å². The van der Waals surface area contributed by atoms with Crippen molar-refractivity contribution in [2.45, 2.75) is 26.9 Å². The van der Waals surface area contributed by atoms with Crippen molar-refractivity contribution in [1.82, 2.24) is 15.1 Å². The lowest BCUT2D eigenvalue weighted by Gasteiger charge is -2.00. The maximum absolute atomic E-state index is 5.48. The molecule has 0 amide bonds. The number of rotatable bonds is 4. The Kier molecular flexibility index (Phi) is 3.10. The number of aryl methyl sites for hydroxylation is 2. The molecule has 0 saturated heterocycles. The first-order valence-corrected chi connectivity index (χ1v) is 5.41. The Morgan fingerprint density at radius 2 is 2.19 bits per heavy atom. The third kappa shape index (κ3) is 2.33.